The van der Waals surface area contributed by atoms with Gasteiger partial charge in [-0.25, -0.2) is 23.4 Å². The van der Waals surface area contributed by atoms with Gasteiger partial charge in [0.1, 0.15) is 27.3 Å². The van der Waals surface area contributed by atoms with Crippen molar-refractivity contribution in [3.05, 3.63) is 36.3 Å². The van der Waals surface area contributed by atoms with Crippen LogP contribution in [0.5, 0.6) is 0 Å². The van der Waals surface area contributed by atoms with Crippen LogP contribution in [0.4, 0.5) is 23.4 Å². The normalized spacial score (nSPS) is 19.7. The van der Waals surface area contributed by atoms with E-state index in [1.807, 2.05) is 18.5 Å². The van der Waals surface area contributed by atoms with Gasteiger partial charge in [0.2, 0.25) is 5.95 Å². The van der Waals surface area contributed by atoms with Crippen LogP contribution in [0.1, 0.15) is 65.9 Å². The summed E-state index contributed by atoms with van der Waals surface area (Å²) in [7, 11) is -2.67. The molecule has 0 aromatic carbocycles. The summed E-state index contributed by atoms with van der Waals surface area (Å²) < 4.78 is 25.2. The summed E-state index contributed by atoms with van der Waals surface area (Å²) >= 11 is 0. The number of pyridine rings is 2. The topological polar surface area (TPSA) is 134 Å². The van der Waals surface area contributed by atoms with Crippen LogP contribution in [0.15, 0.2) is 30.7 Å². The number of nitrogens with zero attached hydrogens (tertiary/aromatic N) is 6. The van der Waals surface area contributed by atoms with Crippen molar-refractivity contribution in [3.63, 3.8) is 0 Å². The molecule has 2 atom stereocenters. The molecule has 2 saturated heterocycles. The summed E-state index contributed by atoms with van der Waals surface area (Å²) in [5.74, 6) is 4.21. The van der Waals surface area contributed by atoms with Crippen LogP contribution in [-0.4, -0.2) is 90.0 Å². The fraction of sp³-hybridized carbons (Fsp3) is 0.613. The molecule has 2 aliphatic rings. The molecule has 0 radical (unpaired) electrons. The molecule has 2 N–H and O–H groups in total. The van der Waals surface area contributed by atoms with Crippen molar-refractivity contribution in [2.75, 3.05) is 53.9 Å². The molecule has 3 aromatic heterocycles. The quantitative estimate of drug-likeness (QED) is 0.371. The van der Waals surface area contributed by atoms with Crippen LogP contribution in [0.3, 0.4) is 0 Å². The van der Waals surface area contributed by atoms with Gasteiger partial charge >= 0.3 is 0 Å². The second kappa shape index (κ2) is 13.3. The van der Waals surface area contributed by atoms with E-state index in [2.05, 4.69) is 53.9 Å². The number of piperidine rings is 1. The molecule has 1 unspecified atom stereocenters. The standard InChI is InChI=1S/C29H41N7O2.C2H6O2S/c1-18(2)23-14-32-27(36-16-19(3)20(36)4)24-15-31-26(13-22(23)24)33-25-7-10-30-28(34-25)35-11-8-21(9-12-35)38-17-29(5,6)37;1-5(2,3)4/h7,10,13-15,18-21,37H,8-9,11-12,16-17H2,1-6H3,(H,30,31,33,34);1-2H3/t19-,20?;/m0./s1. The number of anilines is 4. The Bertz CT molecular complexity index is 1490. The SMILES string of the molecule is CC(C)c1cnc(N2C[C@H](C)C2C)c2cnc(Nc3ccnc(N4CCC(OCC(C)(C)O)CC4)n3)cc12.CS(C)(=O)=O. The van der Waals surface area contributed by atoms with Gasteiger partial charge in [-0.05, 0) is 68.5 Å². The molecule has 5 rings (SSSR count). The van der Waals surface area contributed by atoms with Crippen molar-refractivity contribution in [2.24, 2.45) is 5.92 Å². The number of aromatic nitrogens is 4. The molecular weight excluding hydrogens is 566 g/mol. The second-order valence-corrected chi connectivity index (χ2v) is 15.3. The van der Waals surface area contributed by atoms with Gasteiger partial charge in [-0.3, -0.25) is 0 Å². The van der Waals surface area contributed by atoms with Crippen molar-refractivity contribution in [3.8, 4) is 0 Å². The fourth-order valence-electron chi connectivity index (χ4n) is 5.22. The third kappa shape index (κ3) is 8.96. The highest BCUT2D eigenvalue weighted by Crippen LogP contribution is 2.37. The van der Waals surface area contributed by atoms with Gasteiger partial charge < -0.3 is 25.0 Å². The minimum atomic E-state index is -2.67. The first kappa shape index (κ1) is 32.8. The number of hydrogen-bond acceptors (Lipinski definition) is 11. The molecule has 3 aromatic rings. The van der Waals surface area contributed by atoms with Gasteiger partial charge in [0.25, 0.3) is 0 Å². The van der Waals surface area contributed by atoms with Crippen LogP contribution < -0.4 is 15.1 Å². The fourth-order valence-corrected chi connectivity index (χ4v) is 5.22. The molecule has 0 saturated carbocycles. The van der Waals surface area contributed by atoms with Crippen LogP contribution in [0.25, 0.3) is 10.8 Å². The van der Waals surface area contributed by atoms with Crippen LogP contribution >= 0.6 is 0 Å². The van der Waals surface area contributed by atoms with Gasteiger partial charge in [-0.1, -0.05) is 20.8 Å². The zero-order chi connectivity index (χ0) is 31.5. The van der Waals surface area contributed by atoms with Gasteiger partial charge in [-0.2, -0.15) is 4.98 Å². The molecule has 43 heavy (non-hydrogen) atoms. The minimum absolute atomic E-state index is 0.151. The average molecular weight is 614 g/mol. The van der Waals surface area contributed by atoms with E-state index in [4.69, 9.17) is 19.7 Å². The second-order valence-electron chi connectivity index (χ2n) is 13.0. The van der Waals surface area contributed by atoms with Crippen molar-refractivity contribution in [2.45, 2.75) is 78.0 Å². The molecule has 2 fully saturated rings. The highest BCUT2D eigenvalue weighted by molar-refractivity contribution is 7.89. The average Bonchev–Trinajstić information content (AvgIpc) is 2.93. The molecule has 236 valence electrons. The van der Waals surface area contributed by atoms with Crippen molar-refractivity contribution in [1.82, 2.24) is 19.9 Å². The molecule has 11 nitrogen and oxygen atoms in total. The number of aliphatic hydroxyl groups is 1. The lowest BCUT2D eigenvalue weighted by Crippen LogP contribution is -2.53. The van der Waals surface area contributed by atoms with Crippen molar-refractivity contribution >= 4 is 44.0 Å². The number of ether oxygens (including phenoxy) is 1. The Hall–Kier alpha value is -3.09. The number of fused-ring (bicyclic) bond motifs is 1. The predicted molar refractivity (Wildman–Crippen MR) is 173 cm³/mol. The van der Waals surface area contributed by atoms with Crippen LogP contribution in [-0.2, 0) is 14.6 Å². The summed E-state index contributed by atoms with van der Waals surface area (Å²) in [5, 5.41) is 15.6. The Morgan fingerprint density at radius 2 is 1.74 bits per heavy atom. The molecular formula is C31H47N7O4S. The molecule has 0 aliphatic carbocycles. The highest BCUT2D eigenvalue weighted by atomic mass is 32.2. The maximum Gasteiger partial charge on any atom is 0.227 e. The van der Waals surface area contributed by atoms with Gasteiger partial charge in [-0.15, -0.1) is 0 Å². The van der Waals surface area contributed by atoms with E-state index in [-0.39, 0.29) is 6.10 Å². The highest BCUT2D eigenvalue weighted by Gasteiger charge is 2.34. The van der Waals surface area contributed by atoms with E-state index in [9.17, 15) is 13.5 Å². The smallest absolute Gasteiger partial charge is 0.227 e. The van der Waals surface area contributed by atoms with E-state index in [0.717, 1.165) is 62.0 Å². The minimum Gasteiger partial charge on any atom is -0.388 e. The monoisotopic (exact) mass is 613 g/mol. The number of nitrogens with one attached hydrogen (secondary N) is 1. The summed E-state index contributed by atoms with van der Waals surface area (Å²) in [5.41, 5.74) is 0.408. The number of hydrogen-bond donors (Lipinski definition) is 2. The Morgan fingerprint density at radius 3 is 2.33 bits per heavy atom. The third-order valence-corrected chi connectivity index (χ3v) is 7.77. The first-order valence-electron chi connectivity index (χ1n) is 15.0. The molecule has 0 spiro atoms. The maximum absolute atomic E-state index is 9.93. The number of rotatable bonds is 8. The van der Waals surface area contributed by atoms with Gasteiger partial charge in [0, 0.05) is 62.2 Å². The molecule has 5 heterocycles. The van der Waals surface area contributed by atoms with Crippen molar-refractivity contribution < 1.29 is 18.3 Å². The summed E-state index contributed by atoms with van der Waals surface area (Å²) in [6, 6.07) is 4.47. The van der Waals surface area contributed by atoms with Gasteiger partial charge in [0.05, 0.1) is 18.3 Å². The maximum atomic E-state index is 9.93. The largest absolute Gasteiger partial charge is 0.388 e. The lowest BCUT2D eigenvalue weighted by atomic mass is 9.91. The summed E-state index contributed by atoms with van der Waals surface area (Å²) in [4.78, 5) is 23.5. The lowest BCUT2D eigenvalue weighted by molar-refractivity contribution is -0.0589. The number of sulfone groups is 1. The summed E-state index contributed by atoms with van der Waals surface area (Å²) in [6.07, 6.45) is 9.99. The van der Waals surface area contributed by atoms with E-state index in [1.165, 1.54) is 10.9 Å². The first-order chi connectivity index (χ1) is 20.1. The predicted octanol–water partition coefficient (Wildman–Crippen LogP) is 4.55. The molecule has 0 bridgehead atoms. The van der Waals surface area contributed by atoms with Crippen LogP contribution in [0, 0.1) is 5.92 Å². The third-order valence-electron chi connectivity index (χ3n) is 7.77. The Morgan fingerprint density at radius 1 is 1.07 bits per heavy atom. The van der Waals surface area contributed by atoms with E-state index < -0.39 is 15.4 Å². The Balaban J connectivity index is 0.000000782. The zero-order valence-electron chi connectivity index (χ0n) is 26.7. The molecule has 2 aliphatic heterocycles. The molecule has 0 amide bonds. The van der Waals surface area contributed by atoms with Gasteiger partial charge in [0.15, 0.2) is 0 Å². The van der Waals surface area contributed by atoms with E-state index in [1.54, 1.807) is 20.0 Å². The van der Waals surface area contributed by atoms with Crippen LogP contribution in [0.2, 0.25) is 0 Å². The van der Waals surface area contributed by atoms with Crippen molar-refractivity contribution in [1.29, 1.82) is 0 Å². The summed E-state index contributed by atoms with van der Waals surface area (Å²) in [6.45, 7) is 15.5. The zero-order valence-corrected chi connectivity index (χ0v) is 27.5. The Kier molecular flexibility index (Phi) is 10.1. The van der Waals surface area contributed by atoms with E-state index >= 15 is 0 Å². The Labute approximate surface area is 256 Å². The molecule has 12 heteroatoms. The lowest BCUT2D eigenvalue weighted by Gasteiger charge is -2.46. The first-order valence-corrected chi connectivity index (χ1v) is 17.3. The van der Waals surface area contributed by atoms with E-state index in [0.29, 0.717) is 36.3 Å².